The summed E-state index contributed by atoms with van der Waals surface area (Å²) in [6.07, 6.45) is 0.698. The highest BCUT2D eigenvalue weighted by molar-refractivity contribution is 5.82. The molecule has 0 bridgehead atoms. The van der Waals surface area contributed by atoms with E-state index in [1.54, 1.807) is 32.2 Å². The molecule has 0 radical (unpaired) electrons. The summed E-state index contributed by atoms with van der Waals surface area (Å²) in [5.41, 5.74) is 2.19. The number of hydrogen-bond donors (Lipinski definition) is 1. The number of hydrogen-bond acceptors (Lipinski definition) is 4. The van der Waals surface area contributed by atoms with Crippen LogP contribution < -0.4 is 15.8 Å². The minimum Gasteiger partial charge on any atom is -0.497 e. The SMILES string of the molecule is COc1ccc(CCNC(=O)C(C)n2c(=O)oc3ccccc32)cc1. The Balaban J connectivity index is 1.64. The van der Waals surface area contributed by atoms with Crippen molar-refractivity contribution < 1.29 is 13.9 Å². The number of carbonyl (C=O) groups excluding carboxylic acids is 1. The molecule has 3 aromatic rings. The fourth-order valence-electron chi connectivity index (χ4n) is 2.74. The average molecular weight is 340 g/mol. The molecule has 1 heterocycles. The molecular formula is C19H20N2O4. The molecule has 0 aliphatic carbocycles. The maximum atomic E-state index is 12.4. The Kier molecular flexibility index (Phi) is 4.88. The van der Waals surface area contributed by atoms with E-state index in [0.29, 0.717) is 24.1 Å². The number of rotatable bonds is 6. The molecule has 1 atom stereocenters. The minimum absolute atomic E-state index is 0.220. The number of nitrogens with zero attached hydrogens (tertiary/aromatic N) is 1. The second-order valence-corrected chi connectivity index (χ2v) is 5.77. The lowest BCUT2D eigenvalue weighted by Crippen LogP contribution is -2.35. The Morgan fingerprint density at radius 3 is 2.64 bits per heavy atom. The first-order valence-corrected chi connectivity index (χ1v) is 8.11. The van der Waals surface area contributed by atoms with Crippen molar-refractivity contribution in [1.82, 2.24) is 9.88 Å². The summed E-state index contributed by atoms with van der Waals surface area (Å²) in [4.78, 5) is 24.4. The van der Waals surface area contributed by atoms with E-state index in [1.165, 1.54) is 4.57 Å². The Labute approximate surface area is 145 Å². The molecule has 0 aliphatic rings. The molecule has 1 aromatic heterocycles. The van der Waals surface area contributed by atoms with Crippen LogP contribution in [0.3, 0.4) is 0 Å². The molecule has 1 unspecified atom stereocenters. The molecule has 6 nitrogen and oxygen atoms in total. The van der Waals surface area contributed by atoms with E-state index in [9.17, 15) is 9.59 Å². The number of para-hydroxylation sites is 2. The fraction of sp³-hybridized carbons (Fsp3) is 0.263. The number of methoxy groups -OCH3 is 1. The van der Waals surface area contributed by atoms with Gasteiger partial charge in [0.1, 0.15) is 11.8 Å². The van der Waals surface area contributed by atoms with Gasteiger partial charge < -0.3 is 14.5 Å². The van der Waals surface area contributed by atoms with Crippen LogP contribution >= 0.6 is 0 Å². The summed E-state index contributed by atoms with van der Waals surface area (Å²) < 4.78 is 11.7. The Morgan fingerprint density at radius 1 is 1.20 bits per heavy atom. The Morgan fingerprint density at radius 2 is 1.92 bits per heavy atom. The number of carbonyl (C=O) groups is 1. The van der Waals surface area contributed by atoms with Crippen LogP contribution in [0.25, 0.3) is 11.1 Å². The van der Waals surface area contributed by atoms with Gasteiger partial charge in [0.25, 0.3) is 0 Å². The standard InChI is InChI=1S/C19H20N2O4/c1-13(21-16-5-3-4-6-17(16)25-19(21)23)18(22)20-12-11-14-7-9-15(24-2)10-8-14/h3-10,13H,11-12H2,1-2H3,(H,20,22). The van der Waals surface area contributed by atoms with Crippen LogP contribution in [-0.4, -0.2) is 24.1 Å². The first-order valence-electron chi connectivity index (χ1n) is 8.11. The fourth-order valence-corrected chi connectivity index (χ4v) is 2.74. The lowest BCUT2D eigenvalue weighted by atomic mass is 10.1. The lowest BCUT2D eigenvalue weighted by molar-refractivity contribution is -0.123. The van der Waals surface area contributed by atoms with Crippen LogP contribution in [-0.2, 0) is 11.2 Å². The summed E-state index contributed by atoms with van der Waals surface area (Å²) >= 11 is 0. The van der Waals surface area contributed by atoms with Crippen LogP contribution in [0.1, 0.15) is 18.5 Å². The van der Waals surface area contributed by atoms with Gasteiger partial charge in [0.2, 0.25) is 5.91 Å². The van der Waals surface area contributed by atoms with Gasteiger partial charge in [0, 0.05) is 6.54 Å². The van der Waals surface area contributed by atoms with Gasteiger partial charge in [-0.1, -0.05) is 24.3 Å². The summed E-state index contributed by atoms with van der Waals surface area (Å²) in [5, 5.41) is 2.87. The van der Waals surface area contributed by atoms with E-state index in [0.717, 1.165) is 11.3 Å². The predicted octanol–water partition coefficient (Wildman–Crippen LogP) is 2.52. The monoisotopic (exact) mass is 340 g/mol. The van der Waals surface area contributed by atoms with Gasteiger partial charge in [0.15, 0.2) is 5.58 Å². The van der Waals surface area contributed by atoms with Gasteiger partial charge >= 0.3 is 5.76 Å². The van der Waals surface area contributed by atoms with Crippen molar-refractivity contribution in [1.29, 1.82) is 0 Å². The molecule has 6 heteroatoms. The number of amides is 1. The van der Waals surface area contributed by atoms with Crippen LogP contribution in [0.4, 0.5) is 0 Å². The molecule has 1 N–H and O–H groups in total. The molecule has 0 saturated heterocycles. The van der Waals surface area contributed by atoms with Gasteiger partial charge in [-0.2, -0.15) is 0 Å². The zero-order valence-electron chi connectivity index (χ0n) is 14.2. The maximum absolute atomic E-state index is 12.4. The minimum atomic E-state index is -0.646. The average Bonchev–Trinajstić information content (AvgIpc) is 2.97. The van der Waals surface area contributed by atoms with Crippen LogP contribution in [0.15, 0.2) is 57.7 Å². The van der Waals surface area contributed by atoms with E-state index in [2.05, 4.69) is 5.32 Å². The third-order valence-electron chi connectivity index (χ3n) is 4.16. The van der Waals surface area contributed by atoms with Gasteiger partial charge in [-0.15, -0.1) is 0 Å². The van der Waals surface area contributed by atoms with E-state index >= 15 is 0 Å². The second-order valence-electron chi connectivity index (χ2n) is 5.77. The largest absolute Gasteiger partial charge is 0.497 e. The normalized spacial score (nSPS) is 12.1. The number of aromatic nitrogens is 1. The Bertz CT molecular complexity index is 924. The van der Waals surface area contributed by atoms with Crippen molar-refractivity contribution in [3.05, 3.63) is 64.6 Å². The number of nitrogens with one attached hydrogen (secondary N) is 1. The molecule has 1 amide bonds. The van der Waals surface area contributed by atoms with Crippen molar-refractivity contribution in [3.63, 3.8) is 0 Å². The van der Waals surface area contributed by atoms with Gasteiger partial charge in [-0.25, -0.2) is 4.79 Å². The van der Waals surface area contributed by atoms with E-state index in [4.69, 9.17) is 9.15 Å². The molecule has 0 fully saturated rings. The van der Waals surface area contributed by atoms with E-state index < -0.39 is 11.8 Å². The van der Waals surface area contributed by atoms with E-state index in [-0.39, 0.29) is 5.91 Å². The topological polar surface area (TPSA) is 73.5 Å². The van der Waals surface area contributed by atoms with Crippen LogP contribution in [0.5, 0.6) is 5.75 Å². The molecule has 0 saturated carbocycles. The quantitative estimate of drug-likeness (QED) is 0.748. The number of ether oxygens (including phenoxy) is 1. The van der Waals surface area contributed by atoms with Crippen molar-refractivity contribution in [2.24, 2.45) is 0 Å². The van der Waals surface area contributed by atoms with Crippen LogP contribution in [0, 0.1) is 0 Å². The first kappa shape index (κ1) is 16.8. The second kappa shape index (κ2) is 7.25. The third kappa shape index (κ3) is 3.57. The van der Waals surface area contributed by atoms with Crippen molar-refractivity contribution >= 4 is 17.0 Å². The van der Waals surface area contributed by atoms with Crippen molar-refractivity contribution in [3.8, 4) is 5.75 Å². The molecular weight excluding hydrogens is 320 g/mol. The highest BCUT2D eigenvalue weighted by Gasteiger charge is 2.20. The molecule has 25 heavy (non-hydrogen) atoms. The van der Waals surface area contributed by atoms with Crippen molar-refractivity contribution in [2.45, 2.75) is 19.4 Å². The zero-order chi connectivity index (χ0) is 17.8. The summed E-state index contributed by atoms with van der Waals surface area (Å²) in [5.74, 6) is 0.0498. The van der Waals surface area contributed by atoms with Gasteiger partial charge in [0.05, 0.1) is 12.6 Å². The zero-order valence-corrected chi connectivity index (χ0v) is 14.2. The number of fused-ring (bicyclic) bond motifs is 1. The first-order chi connectivity index (χ1) is 12.1. The third-order valence-corrected chi connectivity index (χ3v) is 4.16. The van der Waals surface area contributed by atoms with Gasteiger partial charge in [-0.05, 0) is 43.2 Å². The van der Waals surface area contributed by atoms with Gasteiger partial charge in [-0.3, -0.25) is 9.36 Å². The summed E-state index contributed by atoms with van der Waals surface area (Å²) in [6.45, 7) is 2.17. The molecule has 2 aromatic carbocycles. The molecule has 0 aliphatic heterocycles. The highest BCUT2D eigenvalue weighted by atomic mass is 16.5. The highest BCUT2D eigenvalue weighted by Crippen LogP contribution is 2.16. The van der Waals surface area contributed by atoms with Crippen LogP contribution in [0.2, 0.25) is 0 Å². The predicted molar refractivity (Wildman–Crippen MR) is 94.9 cm³/mol. The van der Waals surface area contributed by atoms with E-state index in [1.807, 2.05) is 30.3 Å². The Hall–Kier alpha value is -3.02. The maximum Gasteiger partial charge on any atom is 0.420 e. The lowest BCUT2D eigenvalue weighted by Gasteiger charge is -2.13. The molecule has 0 spiro atoms. The number of benzene rings is 2. The summed E-state index contributed by atoms with van der Waals surface area (Å²) in [7, 11) is 1.62. The smallest absolute Gasteiger partial charge is 0.420 e. The molecule has 130 valence electrons. The van der Waals surface area contributed by atoms with Crippen molar-refractivity contribution in [2.75, 3.05) is 13.7 Å². The molecule has 3 rings (SSSR count). The summed E-state index contributed by atoms with van der Waals surface area (Å²) in [6, 6.07) is 14.1. The number of oxazole rings is 1.